The summed E-state index contributed by atoms with van der Waals surface area (Å²) in [4.78, 5) is 5.16. The van der Waals surface area contributed by atoms with Crippen molar-refractivity contribution in [2.45, 2.75) is 43.9 Å². The Bertz CT molecular complexity index is 358. The quantitative estimate of drug-likeness (QED) is 0.732. The van der Waals surface area contributed by atoms with E-state index in [0.29, 0.717) is 6.17 Å². The fourth-order valence-electron chi connectivity index (χ4n) is 3.79. The smallest absolute Gasteiger partial charge is 0.0887 e. The summed E-state index contributed by atoms with van der Waals surface area (Å²) < 4.78 is 0. The van der Waals surface area contributed by atoms with Crippen LogP contribution in [0.2, 0.25) is 0 Å². The number of hydrogen-bond acceptors (Lipinski definition) is 2. The van der Waals surface area contributed by atoms with Crippen LogP contribution in [0.15, 0.2) is 30.3 Å². The van der Waals surface area contributed by atoms with Gasteiger partial charge in [0.25, 0.3) is 0 Å². The molecule has 3 rings (SSSR count). The minimum absolute atomic E-state index is 0.476. The minimum Gasteiger partial charge on any atom is -0.283 e. The number of likely N-dealkylation sites (N-methyl/N-ethyl adjacent to an activating group) is 2. The van der Waals surface area contributed by atoms with Crippen LogP contribution >= 0.6 is 0 Å². The lowest BCUT2D eigenvalue weighted by molar-refractivity contribution is 0.164. The van der Waals surface area contributed by atoms with Gasteiger partial charge in [-0.2, -0.15) is 0 Å². The fraction of sp³-hybridized carbons (Fsp3) is 0.600. The Labute approximate surface area is 104 Å². The van der Waals surface area contributed by atoms with Crippen molar-refractivity contribution in [1.29, 1.82) is 0 Å². The monoisotopic (exact) mass is 230 g/mol. The molecule has 1 aromatic carbocycles. The highest BCUT2D eigenvalue weighted by molar-refractivity contribution is 5.21. The molecule has 0 radical (unpaired) electrons. The van der Waals surface area contributed by atoms with Crippen LogP contribution in [0.3, 0.4) is 0 Å². The Morgan fingerprint density at radius 2 is 1.41 bits per heavy atom. The second kappa shape index (κ2) is 4.43. The molecule has 0 aromatic heterocycles. The number of nitrogens with zero attached hydrogens (tertiary/aromatic N) is 2. The molecule has 2 fully saturated rings. The number of rotatable bonds is 1. The molecule has 2 nitrogen and oxygen atoms in total. The topological polar surface area (TPSA) is 6.48 Å². The van der Waals surface area contributed by atoms with E-state index in [-0.39, 0.29) is 0 Å². The first kappa shape index (κ1) is 11.2. The van der Waals surface area contributed by atoms with Gasteiger partial charge in [-0.1, -0.05) is 43.2 Å². The van der Waals surface area contributed by atoms with Gasteiger partial charge < -0.3 is 0 Å². The lowest BCUT2D eigenvalue weighted by Gasteiger charge is -2.29. The molecular formula is C15H22N2. The molecular weight excluding hydrogens is 208 g/mol. The van der Waals surface area contributed by atoms with Gasteiger partial charge in [-0.15, -0.1) is 0 Å². The SMILES string of the molecule is CN1C(c2ccccc2)N(C)[C@@H]2CCCC[C@H]21. The van der Waals surface area contributed by atoms with E-state index in [1.165, 1.54) is 31.2 Å². The Hall–Kier alpha value is -0.860. The van der Waals surface area contributed by atoms with Crippen LogP contribution in [-0.2, 0) is 0 Å². The van der Waals surface area contributed by atoms with Crippen molar-refractivity contribution in [2.75, 3.05) is 14.1 Å². The lowest BCUT2D eigenvalue weighted by Crippen LogP contribution is -2.37. The first-order chi connectivity index (χ1) is 8.29. The van der Waals surface area contributed by atoms with E-state index < -0.39 is 0 Å². The number of hydrogen-bond donors (Lipinski definition) is 0. The first-order valence-electron chi connectivity index (χ1n) is 6.78. The van der Waals surface area contributed by atoms with Crippen LogP contribution < -0.4 is 0 Å². The Morgan fingerprint density at radius 1 is 0.882 bits per heavy atom. The van der Waals surface area contributed by atoms with Crippen LogP contribution in [0.25, 0.3) is 0 Å². The third-order valence-corrected chi connectivity index (χ3v) is 4.61. The maximum Gasteiger partial charge on any atom is 0.0887 e. The highest BCUT2D eigenvalue weighted by Crippen LogP contribution is 2.41. The van der Waals surface area contributed by atoms with Gasteiger partial charge in [0.15, 0.2) is 0 Å². The zero-order valence-electron chi connectivity index (χ0n) is 10.8. The van der Waals surface area contributed by atoms with Gasteiger partial charge in [0.2, 0.25) is 0 Å². The zero-order valence-corrected chi connectivity index (χ0v) is 10.8. The second-order valence-corrected chi connectivity index (χ2v) is 5.53. The van der Waals surface area contributed by atoms with E-state index >= 15 is 0 Å². The van der Waals surface area contributed by atoms with Crippen molar-refractivity contribution >= 4 is 0 Å². The predicted molar refractivity (Wildman–Crippen MR) is 70.8 cm³/mol. The van der Waals surface area contributed by atoms with Gasteiger partial charge in [-0.3, -0.25) is 9.80 Å². The molecule has 2 aliphatic rings. The number of benzene rings is 1. The summed E-state index contributed by atoms with van der Waals surface area (Å²) in [5.74, 6) is 0. The first-order valence-corrected chi connectivity index (χ1v) is 6.78. The van der Waals surface area contributed by atoms with E-state index in [1.807, 2.05) is 0 Å². The van der Waals surface area contributed by atoms with Gasteiger partial charge >= 0.3 is 0 Å². The summed E-state index contributed by atoms with van der Waals surface area (Å²) in [6.07, 6.45) is 6.02. The molecule has 1 aliphatic carbocycles. The summed E-state index contributed by atoms with van der Waals surface area (Å²) in [7, 11) is 4.59. The van der Waals surface area contributed by atoms with Crippen molar-refractivity contribution in [1.82, 2.24) is 9.80 Å². The van der Waals surface area contributed by atoms with Crippen molar-refractivity contribution in [3.05, 3.63) is 35.9 Å². The van der Waals surface area contributed by atoms with Crippen LogP contribution in [0, 0.1) is 0 Å². The third-order valence-electron chi connectivity index (χ3n) is 4.61. The van der Waals surface area contributed by atoms with Crippen molar-refractivity contribution in [3.63, 3.8) is 0 Å². The van der Waals surface area contributed by atoms with E-state index in [9.17, 15) is 0 Å². The average Bonchev–Trinajstić information content (AvgIpc) is 2.64. The summed E-state index contributed by atoms with van der Waals surface area (Å²) >= 11 is 0. The molecule has 17 heavy (non-hydrogen) atoms. The highest BCUT2D eigenvalue weighted by atomic mass is 15.4. The average molecular weight is 230 g/mol. The Kier molecular flexibility index (Phi) is 2.93. The molecule has 1 heterocycles. The third kappa shape index (κ3) is 1.80. The molecule has 92 valence electrons. The largest absolute Gasteiger partial charge is 0.283 e. The molecule has 1 saturated heterocycles. The van der Waals surface area contributed by atoms with Gasteiger partial charge in [0.1, 0.15) is 0 Å². The van der Waals surface area contributed by atoms with Gasteiger partial charge in [-0.05, 0) is 32.5 Å². The predicted octanol–water partition coefficient (Wildman–Crippen LogP) is 2.87. The van der Waals surface area contributed by atoms with Crippen molar-refractivity contribution in [3.8, 4) is 0 Å². The van der Waals surface area contributed by atoms with E-state index in [0.717, 1.165) is 12.1 Å². The van der Waals surface area contributed by atoms with Crippen molar-refractivity contribution < 1.29 is 0 Å². The van der Waals surface area contributed by atoms with Crippen molar-refractivity contribution in [2.24, 2.45) is 0 Å². The Balaban J connectivity index is 1.90. The van der Waals surface area contributed by atoms with Gasteiger partial charge in [0, 0.05) is 12.1 Å². The molecule has 1 aromatic rings. The zero-order chi connectivity index (χ0) is 11.8. The van der Waals surface area contributed by atoms with E-state index in [2.05, 4.69) is 54.2 Å². The molecule has 0 N–H and O–H groups in total. The summed E-state index contributed by atoms with van der Waals surface area (Å²) in [5, 5.41) is 0. The maximum atomic E-state index is 2.58. The van der Waals surface area contributed by atoms with Gasteiger partial charge in [-0.25, -0.2) is 0 Å². The van der Waals surface area contributed by atoms with Gasteiger partial charge in [0.05, 0.1) is 6.17 Å². The molecule has 2 atom stereocenters. The molecule has 0 unspecified atom stereocenters. The van der Waals surface area contributed by atoms with Crippen LogP contribution in [0.4, 0.5) is 0 Å². The molecule has 0 bridgehead atoms. The highest BCUT2D eigenvalue weighted by Gasteiger charge is 2.44. The number of fused-ring (bicyclic) bond motifs is 1. The lowest BCUT2D eigenvalue weighted by atomic mass is 9.91. The fourth-order valence-corrected chi connectivity index (χ4v) is 3.79. The van der Waals surface area contributed by atoms with Crippen LogP contribution in [0.1, 0.15) is 37.4 Å². The summed E-state index contributed by atoms with van der Waals surface area (Å²) in [5.41, 5.74) is 1.44. The molecule has 0 amide bonds. The van der Waals surface area contributed by atoms with E-state index in [4.69, 9.17) is 0 Å². The molecule has 2 heteroatoms. The summed E-state index contributed by atoms with van der Waals surface area (Å²) in [6.45, 7) is 0. The minimum atomic E-state index is 0.476. The standard InChI is InChI=1S/C15H22N2/c1-16-13-10-6-7-11-14(13)17(2)15(16)12-8-4-3-5-9-12/h3-5,8-9,13-15H,6-7,10-11H2,1-2H3/t13-,14-/m1/s1. The molecule has 1 aliphatic heterocycles. The summed E-state index contributed by atoms with van der Waals surface area (Å²) in [6, 6.07) is 12.4. The van der Waals surface area contributed by atoms with Crippen LogP contribution in [0.5, 0.6) is 0 Å². The Morgan fingerprint density at radius 3 is 1.94 bits per heavy atom. The molecule has 0 spiro atoms. The maximum absolute atomic E-state index is 2.58. The molecule has 1 saturated carbocycles. The van der Waals surface area contributed by atoms with E-state index in [1.54, 1.807) is 0 Å². The second-order valence-electron chi connectivity index (χ2n) is 5.53. The normalized spacial score (nSPS) is 31.6. The van der Waals surface area contributed by atoms with Crippen LogP contribution in [-0.4, -0.2) is 36.0 Å².